The molecule has 1 atom stereocenters. The Hall–Kier alpha value is -2.15. The Morgan fingerprint density at radius 1 is 1.29 bits per heavy atom. The van der Waals surface area contributed by atoms with Crippen LogP contribution in [0.15, 0.2) is 24.3 Å². The maximum Gasteiger partial charge on any atom is 0.413 e. The van der Waals surface area contributed by atoms with Crippen molar-refractivity contribution >= 4 is 17.7 Å². The Balaban J connectivity index is 1.70. The molecule has 24 heavy (non-hydrogen) atoms. The molecule has 1 aliphatic carbocycles. The molecule has 6 nitrogen and oxygen atoms in total. The largest absolute Gasteiger partial charge is 0.438 e. The van der Waals surface area contributed by atoms with Gasteiger partial charge in [0.15, 0.2) is 11.3 Å². The van der Waals surface area contributed by atoms with Gasteiger partial charge in [0.05, 0.1) is 0 Å². The van der Waals surface area contributed by atoms with Gasteiger partial charge in [0.25, 0.3) is 0 Å². The summed E-state index contributed by atoms with van der Waals surface area (Å²) in [4.78, 5) is 25.5. The Labute approximate surface area is 139 Å². The fourth-order valence-corrected chi connectivity index (χ4v) is 3.54. The summed E-state index contributed by atoms with van der Waals surface area (Å²) in [6.07, 6.45) is 3.28. The van der Waals surface area contributed by atoms with Gasteiger partial charge in [-0.25, -0.2) is 9.18 Å². The third-order valence-electron chi connectivity index (χ3n) is 4.98. The number of anilines is 1. The Kier molecular flexibility index (Phi) is 4.21. The molecule has 1 aromatic carbocycles. The van der Waals surface area contributed by atoms with E-state index in [-0.39, 0.29) is 6.54 Å². The minimum atomic E-state index is -1.54. The minimum Gasteiger partial charge on any atom is -0.438 e. The van der Waals surface area contributed by atoms with Crippen LogP contribution < -0.4 is 5.32 Å². The molecule has 7 heteroatoms. The zero-order chi connectivity index (χ0) is 17.4. The van der Waals surface area contributed by atoms with Crippen LogP contribution in [0.5, 0.6) is 0 Å². The van der Waals surface area contributed by atoms with Crippen molar-refractivity contribution in [2.45, 2.75) is 50.4 Å². The summed E-state index contributed by atoms with van der Waals surface area (Å²) in [6, 6.07) is 5.31. The molecule has 0 aromatic heterocycles. The first kappa shape index (κ1) is 16.7. The number of hydrogen-bond donors (Lipinski definition) is 2. The number of aliphatic hydroxyl groups is 1. The molecule has 1 aromatic rings. The van der Waals surface area contributed by atoms with E-state index in [2.05, 4.69) is 5.32 Å². The molecule has 3 rings (SSSR count). The molecule has 2 aliphatic rings. The zero-order valence-corrected chi connectivity index (χ0v) is 13.5. The second-order valence-corrected chi connectivity index (χ2v) is 6.58. The van der Waals surface area contributed by atoms with Gasteiger partial charge in [-0.3, -0.25) is 9.69 Å². The molecule has 130 valence electrons. The van der Waals surface area contributed by atoms with Crippen molar-refractivity contribution in [1.82, 2.24) is 4.90 Å². The van der Waals surface area contributed by atoms with Crippen molar-refractivity contribution in [2.24, 2.45) is 0 Å². The fraction of sp³-hybridized carbons (Fsp3) is 0.529. The molecule has 1 saturated heterocycles. The first-order valence-corrected chi connectivity index (χ1v) is 8.12. The SMILES string of the molecule is C[C@]1(O)N(CC(=O)Nc2ccc(F)cc2)C(=O)OC12CCCCC2. The highest BCUT2D eigenvalue weighted by Gasteiger charge is 2.62. The van der Waals surface area contributed by atoms with Crippen molar-refractivity contribution in [3.8, 4) is 0 Å². The van der Waals surface area contributed by atoms with Crippen molar-refractivity contribution in [1.29, 1.82) is 0 Å². The van der Waals surface area contributed by atoms with Crippen LogP contribution in [-0.4, -0.2) is 39.9 Å². The van der Waals surface area contributed by atoms with Crippen LogP contribution in [0.4, 0.5) is 14.9 Å². The van der Waals surface area contributed by atoms with E-state index in [1.165, 1.54) is 31.2 Å². The molecule has 0 radical (unpaired) electrons. The highest BCUT2D eigenvalue weighted by Crippen LogP contribution is 2.46. The van der Waals surface area contributed by atoms with E-state index in [4.69, 9.17) is 4.74 Å². The molecule has 1 spiro atoms. The van der Waals surface area contributed by atoms with Crippen LogP contribution in [0.3, 0.4) is 0 Å². The average molecular weight is 336 g/mol. The lowest BCUT2D eigenvalue weighted by Crippen LogP contribution is -2.58. The van der Waals surface area contributed by atoms with Crippen LogP contribution in [0.25, 0.3) is 0 Å². The van der Waals surface area contributed by atoms with Crippen molar-refractivity contribution in [3.05, 3.63) is 30.1 Å². The van der Waals surface area contributed by atoms with Crippen molar-refractivity contribution in [2.75, 3.05) is 11.9 Å². The van der Waals surface area contributed by atoms with E-state index in [1.807, 2.05) is 0 Å². The summed E-state index contributed by atoms with van der Waals surface area (Å²) in [5.74, 6) is -0.884. The van der Waals surface area contributed by atoms with Crippen molar-refractivity contribution in [3.63, 3.8) is 0 Å². The maximum absolute atomic E-state index is 12.9. The summed E-state index contributed by atoms with van der Waals surface area (Å²) in [7, 11) is 0. The average Bonchev–Trinajstić information content (AvgIpc) is 2.71. The first-order chi connectivity index (χ1) is 11.3. The highest BCUT2D eigenvalue weighted by atomic mass is 19.1. The van der Waals surface area contributed by atoms with Gasteiger partial charge >= 0.3 is 6.09 Å². The molecule has 2 amide bonds. The van der Waals surface area contributed by atoms with Crippen LogP contribution >= 0.6 is 0 Å². The van der Waals surface area contributed by atoms with Crippen LogP contribution in [0.2, 0.25) is 0 Å². The maximum atomic E-state index is 12.9. The molecular weight excluding hydrogens is 315 g/mol. The smallest absolute Gasteiger partial charge is 0.413 e. The lowest BCUT2D eigenvalue weighted by atomic mass is 9.77. The normalized spacial score (nSPS) is 25.6. The molecule has 0 bridgehead atoms. The summed E-state index contributed by atoms with van der Waals surface area (Å²) < 4.78 is 18.4. The molecule has 1 aliphatic heterocycles. The predicted octanol–water partition coefficient (Wildman–Crippen LogP) is 2.63. The predicted molar refractivity (Wildman–Crippen MR) is 84.7 cm³/mol. The zero-order valence-electron chi connectivity index (χ0n) is 13.5. The lowest BCUT2D eigenvalue weighted by molar-refractivity contribution is -0.160. The molecular formula is C17H21FN2O4. The topological polar surface area (TPSA) is 78.9 Å². The Morgan fingerprint density at radius 3 is 2.54 bits per heavy atom. The highest BCUT2D eigenvalue weighted by molar-refractivity contribution is 5.94. The number of halogens is 1. The third kappa shape index (κ3) is 2.84. The van der Waals surface area contributed by atoms with Gasteiger partial charge in [-0.15, -0.1) is 0 Å². The fourth-order valence-electron chi connectivity index (χ4n) is 3.54. The number of carbonyl (C=O) groups is 2. The minimum absolute atomic E-state index is 0.328. The molecule has 2 N–H and O–H groups in total. The van der Waals surface area contributed by atoms with E-state index in [1.54, 1.807) is 0 Å². The van der Waals surface area contributed by atoms with Gasteiger partial charge in [-0.05, 0) is 56.9 Å². The quantitative estimate of drug-likeness (QED) is 0.889. The van der Waals surface area contributed by atoms with E-state index >= 15 is 0 Å². The molecule has 1 saturated carbocycles. The summed E-state index contributed by atoms with van der Waals surface area (Å²) >= 11 is 0. The number of amides is 2. The monoisotopic (exact) mass is 336 g/mol. The number of rotatable bonds is 3. The number of nitrogens with one attached hydrogen (secondary N) is 1. The van der Waals surface area contributed by atoms with Gasteiger partial charge in [0.1, 0.15) is 12.4 Å². The van der Waals surface area contributed by atoms with Crippen molar-refractivity contribution < 1.29 is 23.8 Å². The number of nitrogens with zero attached hydrogens (tertiary/aromatic N) is 1. The summed E-state index contributed by atoms with van der Waals surface area (Å²) in [5, 5.41) is 13.5. The number of benzene rings is 1. The second-order valence-electron chi connectivity index (χ2n) is 6.58. The van der Waals surface area contributed by atoms with E-state index in [9.17, 15) is 19.1 Å². The van der Waals surface area contributed by atoms with Gasteiger partial charge in [-0.1, -0.05) is 6.42 Å². The Morgan fingerprint density at radius 2 is 1.92 bits per heavy atom. The standard InChI is InChI=1S/C17H21FN2O4/c1-16(23)17(9-3-2-4-10-17)24-15(22)20(16)11-14(21)19-13-7-5-12(18)6-8-13/h5-8,23H,2-4,9-11H2,1H3,(H,19,21)/t16-/m1/s1. The van der Waals surface area contributed by atoms with Gasteiger partial charge < -0.3 is 15.2 Å². The van der Waals surface area contributed by atoms with Gasteiger partial charge in [0.2, 0.25) is 5.91 Å². The van der Waals surface area contributed by atoms with E-state index < -0.39 is 29.1 Å². The third-order valence-corrected chi connectivity index (χ3v) is 4.98. The van der Waals surface area contributed by atoms with Gasteiger partial charge in [0, 0.05) is 5.69 Å². The number of ether oxygens (including phenoxy) is 1. The molecule has 1 heterocycles. The lowest BCUT2D eigenvalue weighted by Gasteiger charge is -2.41. The summed E-state index contributed by atoms with van der Waals surface area (Å²) in [5.41, 5.74) is -2.07. The number of hydrogen-bond acceptors (Lipinski definition) is 4. The van der Waals surface area contributed by atoms with Crippen LogP contribution in [-0.2, 0) is 9.53 Å². The number of carbonyl (C=O) groups excluding carboxylic acids is 2. The molecule has 2 fully saturated rings. The Bertz CT molecular complexity index is 638. The summed E-state index contributed by atoms with van der Waals surface area (Å²) in [6.45, 7) is 1.19. The van der Waals surface area contributed by atoms with Gasteiger partial charge in [-0.2, -0.15) is 0 Å². The van der Waals surface area contributed by atoms with E-state index in [0.717, 1.165) is 24.2 Å². The first-order valence-electron chi connectivity index (χ1n) is 8.12. The second kappa shape index (κ2) is 6.05. The van der Waals surface area contributed by atoms with Crippen LogP contribution in [0.1, 0.15) is 39.0 Å². The van der Waals surface area contributed by atoms with Crippen LogP contribution in [0, 0.1) is 5.82 Å². The molecule has 0 unspecified atom stereocenters. The van der Waals surface area contributed by atoms with E-state index in [0.29, 0.717) is 18.5 Å².